The molecule has 1 aliphatic carbocycles. The Labute approximate surface area is 88.0 Å². The topological polar surface area (TPSA) is 26.0 Å². The third kappa shape index (κ3) is 2.09. The zero-order valence-electron chi connectivity index (χ0n) is 7.51. The van der Waals surface area contributed by atoms with Gasteiger partial charge in [-0.1, -0.05) is 12.2 Å². The highest BCUT2D eigenvalue weighted by atomic mass is 32.1. The number of thiocarbonyl (C=S) groups is 1. The lowest BCUT2D eigenvalue weighted by Crippen LogP contribution is -2.09. The van der Waals surface area contributed by atoms with Crippen LogP contribution in [0, 0.1) is 0 Å². The van der Waals surface area contributed by atoms with Crippen LogP contribution in [0.3, 0.4) is 0 Å². The Bertz CT molecular complexity index is 304. The first kappa shape index (κ1) is 9.16. The van der Waals surface area contributed by atoms with Gasteiger partial charge in [0.1, 0.15) is 0 Å². The second-order valence-corrected chi connectivity index (χ2v) is 5.26. The lowest BCUT2D eigenvalue weighted by Gasteiger charge is -2.08. The molecule has 0 saturated carbocycles. The Morgan fingerprint density at radius 2 is 2.23 bits per heavy atom. The molecule has 3 heteroatoms. The van der Waals surface area contributed by atoms with Crippen LogP contribution in [-0.4, -0.2) is 4.99 Å². The molecular formula is C10H13NS2. The van der Waals surface area contributed by atoms with Gasteiger partial charge in [0, 0.05) is 16.2 Å². The van der Waals surface area contributed by atoms with E-state index >= 15 is 0 Å². The van der Waals surface area contributed by atoms with Crippen molar-refractivity contribution >= 4 is 28.5 Å². The van der Waals surface area contributed by atoms with Crippen LogP contribution < -0.4 is 5.73 Å². The van der Waals surface area contributed by atoms with Gasteiger partial charge in [-0.2, -0.15) is 0 Å². The maximum absolute atomic E-state index is 5.52. The minimum Gasteiger partial charge on any atom is -0.393 e. The van der Waals surface area contributed by atoms with E-state index in [1.165, 1.54) is 30.6 Å². The zero-order chi connectivity index (χ0) is 9.26. The normalized spacial score (nSPS) is 15.4. The number of fused-ring (bicyclic) bond motifs is 1. The molecule has 0 spiro atoms. The summed E-state index contributed by atoms with van der Waals surface area (Å²) in [5.41, 5.74) is 7.06. The van der Waals surface area contributed by atoms with Crippen molar-refractivity contribution in [2.24, 2.45) is 5.73 Å². The van der Waals surface area contributed by atoms with Gasteiger partial charge in [0.25, 0.3) is 0 Å². The predicted octanol–water partition coefficient (Wildman–Crippen LogP) is 2.46. The molecule has 2 rings (SSSR count). The molecule has 1 aromatic heterocycles. The lowest BCUT2D eigenvalue weighted by atomic mass is 9.99. The Hall–Kier alpha value is -0.410. The minimum absolute atomic E-state index is 0.610. The molecule has 0 aromatic carbocycles. The molecule has 2 N–H and O–H groups in total. The van der Waals surface area contributed by atoms with E-state index in [0.717, 1.165) is 6.42 Å². The Balaban J connectivity index is 2.20. The van der Waals surface area contributed by atoms with Crippen LogP contribution in [0.15, 0.2) is 6.07 Å². The number of hydrogen-bond acceptors (Lipinski definition) is 2. The number of thiophene rings is 1. The van der Waals surface area contributed by atoms with Crippen LogP contribution in [0.25, 0.3) is 0 Å². The van der Waals surface area contributed by atoms with Gasteiger partial charge in [-0.3, -0.25) is 0 Å². The summed E-state index contributed by atoms with van der Waals surface area (Å²) in [4.78, 5) is 3.52. The van der Waals surface area contributed by atoms with Gasteiger partial charge in [-0.25, -0.2) is 0 Å². The second kappa shape index (κ2) is 3.76. The number of aryl methyl sites for hydroxylation is 2. The highest BCUT2D eigenvalue weighted by Crippen LogP contribution is 2.29. The Morgan fingerprint density at radius 1 is 1.46 bits per heavy atom. The average molecular weight is 211 g/mol. The molecule has 1 heterocycles. The van der Waals surface area contributed by atoms with Gasteiger partial charge in [0.15, 0.2) is 0 Å². The number of nitrogens with two attached hydrogens (primary N) is 1. The monoisotopic (exact) mass is 211 g/mol. The van der Waals surface area contributed by atoms with E-state index < -0.39 is 0 Å². The first-order chi connectivity index (χ1) is 6.25. The third-order valence-electron chi connectivity index (χ3n) is 2.40. The summed E-state index contributed by atoms with van der Waals surface area (Å²) in [6.07, 6.45) is 5.99. The first-order valence-corrected chi connectivity index (χ1v) is 5.87. The SMILES string of the molecule is NC(=S)Cc1cc2c(s1)CCCC2. The molecular weight excluding hydrogens is 198 g/mol. The fraction of sp³-hybridized carbons (Fsp3) is 0.500. The molecule has 0 fully saturated rings. The highest BCUT2D eigenvalue weighted by Gasteiger charge is 2.13. The summed E-state index contributed by atoms with van der Waals surface area (Å²) in [6.45, 7) is 0. The largest absolute Gasteiger partial charge is 0.393 e. The smallest absolute Gasteiger partial charge is 0.0780 e. The second-order valence-electron chi connectivity index (χ2n) is 3.51. The molecule has 0 amide bonds. The molecule has 0 bridgehead atoms. The van der Waals surface area contributed by atoms with Crippen LogP contribution in [0.2, 0.25) is 0 Å². The summed E-state index contributed by atoms with van der Waals surface area (Å²) in [7, 11) is 0. The van der Waals surface area contributed by atoms with Gasteiger partial charge < -0.3 is 5.73 Å². The summed E-state index contributed by atoms with van der Waals surface area (Å²) in [6, 6.07) is 2.29. The van der Waals surface area contributed by atoms with Crippen LogP contribution in [0.1, 0.15) is 28.2 Å². The summed E-state index contributed by atoms with van der Waals surface area (Å²) < 4.78 is 0. The van der Waals surface area contributed by atoms with Crippen LogP contribution in [-0.2, 0) is 19.3 Å². The van der Waals surface area contributed by atoms with Crippen LogP contribution >= 0.6 is 23.6 Å². The standard InChI is InChI=1S/C10H13NS2/c11-10(12)6-8-5-7-3-1-2-4-9(7)13-8/h5H,1-4,6H2,(H2,11,12). The minimum atomic E-state index is 0.610. The van der Waals surface area contributed by atoms with Gasteiger partial charge in [-0.15, -0.1) is 11.3 Å². The van der Waals surface area contributed by atoms with Crippen molar-refractivity contribution in [2.45, 2.75) is 32.1 Å². The van der Waals surface area contributed by atoms with E-state index in [1.54, 1.807) is 10.4 Å². The van der Waals surface area contributed by atoms with Crippen molar-refractivity contribution in [1.82, 2.24) is 0 Å². The van der Waals surface area contributed by atoms with Gasteiger partial charge >= 0.3 is 0 Å². The van der Waals surface area contributed by atoms with Crippen molar-refractivity contribution in [3.8, 4) is 0 Å². The molecule has 0 radical (unpaired) electrons. The van der Waals surface area contributed by atoms with Crippen LogP contribution in [0.5, 0.6) is 0 Å². The fourth-order valence-electron chi connectivity index (χ4n) is 1.81. The summed E-state index contributed by atoms with van der Waals surface area (Å²) >= 11 is 6.80. The van der Waals surface area contributed by atoms with E-state index in [2.05, 4.69) is 6.07 Å². The number of hydrogen-bond donors (Lipinski definition) is 1. The van der Waals surface area contributed by atoms with E-state index in [-0.39, 0.29) is 0 Å². The van der Waals surface area contributed by atoms with Gasteiger partial charge in [0.05, 0.1) is 4.99 Å². The van der Waals surface area contributed by atoms with E-state index in [1.807, 2.05) is 11.3 Å². The Morgan fingerprint density at radius 3 is 2.92 bits per heavy atom. The van der Waals surface area contributed by atoms with Gasteiger partial charge in [0.2, 0.25) is 0 Å². The molecule has 1 aromatic rings. The zero-order valence-corrected chi connectivity index (χ0v) is 9.14. The summed E-state index contributed by atoms with van der Waals surface area (Å²) in [5.74, 6) is 0. The molecule has 0 atom stereocenters. The third-order valence-corrected chi connectivity index (χ3v) is 3.78. The molecule has 13 heavy (non-hydrogen) atoms. The quantitative estimate of drug-likeness (QED) is 0.760. The van der Waals surface area contributed by atoms with Crippen molar-refractivity contribution in [1.29, 1.82) is 0 Å². The first-order valence-electron chi connectivity index (χ1n) is 4.64. The van der Waals surface area contributed by atoms with Crippen molar-refractivity contribution in [3.05, 3.63) is 21.4 Å². The van der Waals surface area contributed by atoms with Crippen molar-refractivity contribution < 1.29 is 0 Å². The molecule has 1 nitrogen and oxygen atoms in total. The Kier molecular flexibility index (Phi) is 2.65. The molecule has 0 aliphatic heterocycles. The molecule has 70 valence electrons. The van der Waals surface area contributed by atoms with Gasteiger partial charge in [-0.05, 0) is 37.3 Å². The average Bonchev–Trinajstić information content (AvgIpc) is 2.44. The van der Waals surface area contributed by atoms with E-state index in [0.29, 0.717) is 4.99 Å². The molecule has 0 unspecified atom stereocenters. The predicted molar refractivity (Wildman–Crippen MR) is 61.5 cm³/mol. The molecule has 0 saturated heterocycles. The van der Waals surface area contributed by atoms with Crippen molar-refractivity contribution in [2.75, 3.05) is 0 Å². The lowest BCUT2D eigenvalue weighted by molar-refractivity contribution is 0.697. The van der Waals surface area contributed by atoms with E-state index in [9.17, 15) is 0 Å². The van der Waals surface area contributed by atoms with Crippen LogP contribution in [0.4, 0.5) is 0 Å². The molecule has 1 aliphatic rings. The van der Waals surface area contributed by atoms with Crippen molar-refractivity contribution in [3.63, 3.8) is 0 Å². The van der Waals surface area contributed by atoms with E-state index in [4.69, 9.17) is 18.0 Å². The summed E-state index contributed by atoms with van der Waals surface area (Å²) in [5, 5.41) is 0. The maximum atomic E-state index is 5.52. The fourth-order valence-corrected chi connectivity index (χ4v) is 3.34. The maximum Gasteiger partial charge on any atom is 0.0780 e. The number of rotatable bonds is 2. The highest BCUT2D eigenvalue weighted by molar-refractivity contribution is 7.80.